The minimum absolute atomic E-state index is 0.323. The van der Waals surface area contributed by atoms with Crippen LogP contribution in [0.4, 0.5) is 0 Å². The van der Waals surface area contributed by atoms with Crippen molar-refractivity contribution >= 4 is 11.3 Å². The zero-order valence-corrected chi connectivity index (χ0v) is 13.6. The van der Waals surface area contributed by atoms with Crippen LogP contribution in [0.15, 0.2) is 17.5 Å². The summed E-state index contributed by atoms with van der Waals surface area (Å²) in [6.07, 6.45) is 3.81. The molecule has 2 unspecified atom stereocenters. The van der Waals surface area contributed by atoms with Crippen molar-refractivity contribution in [2.24, 2.45) is 0 Å². The molecule has 0 bridgehead atoms. The highest BCUT2D eigenvalue weighted by Gasteiger charge is 2.27. The van der Waals surface area contributed by atoms with E-state index >= 15 is 0 Å². The summed E-state index contributed by atoms with van der Waals surface area (Å²) in [4.78, 5) is 4.00. The minimum Gasteiger partial charge on any atom is -0.374 e. The Balaban J connectivity index is 1.93. The predicted octanol–water partition coefficient (Wildman–Crippen LogP) is 2.77. The van der Waals surface area contributed by atoms with Gasteiger partial charge in [0.05, 0.1) is 12.7 Å². The molecule has 1 aromatic rings. The highest BCUT2D eigenvalue weighted by Crippen LogP contribution is 2.17. The second kappa shape index (κ2) is 8.78. The average molecular weight is 296 g/mol. The molecule has 2 atom stereocenters. The summed E-state index contributed by atoms with van der Waals surface area (Å²) in [6, 6.07) is 4.81. The van der Waals surface area contributed by atoms with Crippen molar-refractivity contribution in [2.45, 2.75) is 45.3 Å². The van der Waals surface area contributed by atoms with E-state index in [2.05, 4.69) is 41.6 Å². The van der Waals surface area contributed by atoms with E-state index in [0.29, 0.717) is 12.1 Å². The molecule has 4 heteroatoms. The largest absolute Gasteiger partial charge is 0.374 e. The van der Waals surface area contributed by atoms with Crippen molar-refractivity contribution in [1.29, 1.82) is 0 Å². The topological polar surface area (TPSA) is 24.5 Å². The van der Waals surface area contributed by atoms with Crippen LogP contribution in [0, 0.1) is 0 Å². The maximum Gasteiger partial charge on any atom is 0.0858 e. The second-order valence-corrected chi connectivity index (χ2v) is 6.59. The number of ether oxygens (including phenoxy) is 1. The van der Waals surface area contributed by atoms with Crippen LogP contribution in [-0.2, 0) is 11.2 Å². The highest BCUT2D eigenvalue weighted by atomic mass is 32.1. The number of nitrogens with zero attached hydrogens (tertiary/aromatic N) is 1. The van der Waals surface area contributed by atoms with Crippen LogP contribution < -0.4 is 5.32 Å². The van der Waals surface area contributed by atoms with Crippen LogP contribution in [0.1, 0.15) is 31.6 Å². The predicted molar refractivity (Wildman–Crippen MR) is 86.6 cm³/mol. The molecule has 0 aliphatic carbocycles. The monoisotopic (exact) mass is 296 g/mol. The van der Waals surface area contributed by atoms with Crippen molar-refractivity contribution in [3.8, 4) is 0 Å². The average Bonchev–Trinajstić information content (AvgIpc) is 2.97. The lowest BCUT2D eigenvalue weighted by Gasteiger charge is -2.37. The zero-order valence-electron chi connectivity index (χ0n) is 12.8. The zero-order chi connectivity index (χ0) is 14.2. The molecule has 2 rings (SSSR count). The number of hydrogen-bond donors (Lipinski definition) is 1. The molecule has 1 aliphatic rings. The maximum atomic E-state index is 6.06. The molecule has 1 aromatic heterocycles. The van der Waals surface area contributed by atoms with Gasteiger partial charge >= 0.3 is 0 Å². The van der Waals surface area contributed by atoms with E-state index in [1.54, 1.807) is 0 Å². The smallest absolute Gasteiger partial charge is 0.0858 e. The SMILES string of the molecule is CCCNC(Cc1cccs1)C1CN(CCC)CCO1. The molecule has 1 fully saturated rings. The third kappa shape index (κ3) is 4.85. The fourth-order valence-electron chi connectivity index (χ4n) is 2.80. The molecule has 0 amide bonds. The van der Waals surface area contributed by atoms with Gasteiger partial charge in [-0.15, -0.1) is 11.3 Å². The van der Waals surface area contributed by atoms with E-state index in [9.17, 15) is 0 Å². The van der Waals surface area contributed by atoms with Gasteiger partial charge in [0.1, 0.15) is 0 Å². The Labute approximate surface area is 127 Å². The molecule has 114 valence electrons. The first-order chi connectivity index (χ1) is 9.83. The van der Waals surface area contributed by atoms with Crippen molar-refractivity contribution in [3.63, 3.8) is 0 Å². The van der Waals surface area contributed by atoms with Gasteiger partial charge in [0, 0.05) is 24.0 Å². The van der Waals surface area contributed by atoms with Crippen molar-refractivity contribution in [2.75, 3.05) is 32.8 Å². The quantitative estimate of drug-likeness (QED) is 0.798. The van der Waals surface area contributed by atoms with Gasteiger partial charge in [0.25, 0.3) is 0 Å². The van der Waals surface area contributed by atoms with Crippen molar-refractivity contribution in [1.82, 2.24) is 10.2 Å². The summed E-state index contributed by atoms with van der Waals surface area (Å²) in [5, 5.41) is 5.86. The third-order valence-electron chi connectivity index (χ3n) is 3.82. The van der Waals surface area contributed by atoms with Crippen LogP contribution in [-0.4, -0.2) is 49.8 Å². The molecule has 0 saturated carbocycles. The van der Waals surface area contributed by atoms with Gasteiger partial charge < -0.3 is 10.1 Å². The van der Waals surface area contributed by atoms with Gasteiger partial charge in [-0.05, 0) is 43.8 Å². The van der Waals surface area contributed by atoms with Crippen molar-refractivity contribution < 1.29 is 4.74 Å². The summed E-state index contributed by atoms with van der Waals surface area (Å²) >= 11 is 1.85. The standard InChI is InChI=1S/C16H28N2OS/c1-3-7-17-15(12-14-6-5-11-20-14)16-13-18(8-4-2)9-10-19-16/h5-6,11,15-17H,3-4,7-10,12-13H2,1-2H3. The second-order valence-electron chi connectivity index (χ2n) is 5.55. The number of morpholine rings is 1. The van der Waals surface area contributed by atoms with Gasteiger partial charge in [-0.1, -0.05) is 19.9 Å². The van der Waals surface area contributed by atoms with Crippen LogP contribution >= 0.6 is 11.3 Å². The fraction of sp³-hybridized carbons (Fsp3) is 0.750. The molecule has 1 saturated heterocycles. The van der Waals surface area contributed by atoms with Gasteiger partial charge in [0.15, 0.2) is 0 Å². The Morgan fingerprint density at radius 3 is 3.05 bits per heavy atom. The molecule has 3 nitrogen and oxygen atoms in total. The van der Waals surface area contributed by atoms with Gasteiger partial charge in [-0.2, -0.15) is 0 Å². The lowest BCUT2D eigenvalue weighted by molar-refractivity contribution is -0.0460. The van der Waals surface area contributed by atoms with Crippen LogP contribution in [0.5, 0.6) is 0 Å². The Hall–Kier alpha value is -0.420. The van der Waals surface area contributed by atoms with Gasteiger partial charge in [-0.25, -0.2) is 0 Å². The van der Waals surface area contributed by atoms with E-state index in [1.165, 1.54) is 24.3 Å². The van der Waals surface area contributed by atoms with Crippen LogP contribution in [0.25, 0.3) is 0 Å². The van der Waals surface area contributed by atoms with Crippen LogP contribution in [0.2, 0.25) is 0 Å². The van der Waals surface area contributed by atoms with Gasteiger partial charge in [-0.3, -0.25) is 4.90 Å². The van der Waals surface area contributed by atoms with Crippen LogP contribution in [0.3, 0.4) is 0 Å². The number of rotatable bonds is 8. The molecule has 0 radical (unpaired) electrons. The molecule has 20 heavy (non-hydrogen) atoms. The van der Waals surface area contributed by atoms with E-state index in [0.717, 1.165) is 32.7 Å². The first-order valence-corrected chi connectivity index (χ1v) is 8.81. The minimum atomic E-state index is 0.323. The molecule has 1 N–H and O–H groups in total. The van der Waals surface area contributed by atoms with E-state index in [4.69, 9.17) is 4.74 Å². The molecular formula is C16H28N2OS. The van der Waals surface area contributed by atoms with E-state index in [1.807, 2.05) is 11.3 Å². The lowest BCUT2D eigenvalue weighted by Crippen LogP contribution is -2.53. The molecular weight excluding hydrogens is 268 g/mol. The Kier molecular flexibility index (Phi) is 7.00. The summed E-state index contributed by atoms with van der Waals surface area (Å²) in [6.45, 7) is 9.77. The molecule has 2 heterocycles. The van der Waals surface area contributed by atoms with E-state index < -0.39 is 0 Å². The summed E-state index contributed by atoms with van der Waals surface area (Å²) in [5.74, 6) is 0. The first-order valence-electron chi connectivity index (χ1n) is 7.93. The lowest BCUT2D eigenvalue weighted by atomic mass is 10.0. The fourth-order valence-corrected chi connectivity index (χ4v) is 3.57. The molecule has 1 aliphatic heterocycles. The summed E-state index contributed by atoms with van der Waals surface area (Å²) in [7, 11) is 0. The first kappa shape index (κ1) is 16.0. The number of hydrogen-bond acceptors (Lipinski definition) is 4. The van der Waals surface area contributed by atoms with E-state index in [-0.39, 0.29) is 0 Å². The number of thiophene rings is 1. The summed E-state index contributed by atoms with van der Waals surface area (Å²) < 4.78 is 6.06. The molecule has 0 spiro atoms. The maximum absolute atomic E-state index is 6.06. The highest BCUT2D eigenvalue weighted by molar-refractivity contribution is 7.09. The Bertz CT molecular complexity index is 353. The Morgan fingerprint density at radius 1 is 1.45 bits per heavy atom. The third-order valence-corrected chi connectivity index (χ3v) is 4.72. The molecule has 0 aromatic carbocycles. The Morgan fingerprint density at radius 2 is 2.35 bits per heavy atom. The number of nitrogens with one attached hydrogen (secondary N) is 1. The normalized spacial score (nSPS) is 22.0. The summed E-state index contributed by atoms with van der Waals surface area (Å²) in [5.41, 5.74) is 0. The van der Waals surface area contributed by atoms with Crippen molar-refractivity contribution in [3.05, 3.63) is 22.4 Å². The van der Waals surface area contributed by atoms with Gasteiger partial charge in [0.2, 0.25) is 0 Å².